The minimum absolute atomic E-state index is 0.307. The molecule has 0 bridgehead atoms. The second-order valence-corrected chi connectivity index (χ2v) is 6.51. The number of fused-ring (bicyclic) bond motifs is 1. The summed E-state index contributed by atoms with van der Waals surface area (Å²) in [5.74, 6) is 0.800. The van der Waals surface area contributed by atoms with Crippen LogP contribution in [0.1, 0.15) is 0 Å². The fraction of sp³-hybridized carbons (Fsp3) is 0.353. The summed E-state index contributed by atoms with van der Waals surface area (Å²) < 4.78 is 5.34. The molecule has 3 N–H and O–H groups in total. The van der Waals surface area contributed by atoms with Crippen LogP contribution in [0.5, 0.6) is 0 Å². The lowest BCUT2D eigenvalue weighted by molar-refractivity contribution is 0.0398. The normalized spacial score (nSPS) is 15.4. The predicted octanol–water partition coefficient (Wildman–Crippen LogP) is 1.71. The summed E-state index contributed by atoms with van der Waals surface area (Å²) in [5, 5.41) is 3.78. The number of hydrogen-bond acceptors (Lipinski definition) is 6. The second-order valence-electron chi connectivity index (χ2n) is 6.11. The third-order valence-electron chi connectivity index (χ3n) is 4.33. The van der Waals surface area contributed by atoms with E-state index in [1.807, 2.05) is 12.1 Å². The molecule has 4 rings (SSSR count). The Kier molecular flexibility index (Phi) is 4.87. The molecule has 1 aliphatic heterocycles. The number of imidazole rings is 1. The lowest BCUT2D eigenvalue weighted by Crippen LogP contribution is -2.39. The molecule has 0 amide bonds. The van der Waals surface area contributed by atoms with E-state index in [4.69, 9.17) is 16.3 Å². The Morgan fingerprint density at radius 2 is 2.12 bits per heavy atom. The third kappa shape index (κ3) is 3.72. The van der Waals surface area contributed by atoms with Crippen LogP contribution in [0.25, 0.3) is 22.4 Å². The molecular formula is C17H19ClN6O2. The number of pyridine rings is 2. The van der Waals surface area contributed by atoms with Gasteiger partial charge in [-0.15, -0.1) is 0 Å². The smallest absolute Gasteiger partial charge is 0.325 e. The molecule has 136 valence electrons. The van der Waals surface area contributed by atoms with Gasteiger partial charge in [0.1, 0.15) is 5.82 Å². The summed E-state index contributed by atoms with van der Waals surface area (Å²) in [6.07, 6.45) is 1.72. The first-order chi connectivity index (χ1) is 12.7. The van der Waals surface area contributed by atoms with Crippen molar-refractivity contribution in [2.75, 3.05) is 44.7 Å². The number of halogens is 1. The van der Waals surface area contributed by atoms with Crippen LogP contribution in [0.3, 0.4) is 0 Å². The van der Waals surface area contributed by atoms with Crippen molar-refractivity contribution in [3.63, 3.8) is 0 Å². The Bertz CT molecular complexity index is 946. The Morgan fingerprint density at radius 1 is 1.27 bits per heavy atom. The zero-order valence-electron chi connectivity index (χ0n) is 14.1. The number of nitrogens with zero attached hydrogens (tertiary/aromatic N) is 3. The first-order valence-electron chi connectivity index (χ1n) is 8.48. The maximum Gasteiger partial charge on any atom is 0.325 e. The van der Waals surface area contributed by atoms with Gasteiger partial charge in [0.25, 0.3) is 0 Å². The van der Waals surface area contributed by atoms with Gasteiger partial charge in [0.05, 0.1) is 29.4 Å². The molecule has 8 nitrogen and oxygen atoms in total. The number of anilines is 1. The van der Waals surface area contributed by atoms with Crippen LogP contribution >= 0.6 is 11.6 Å². The van der Waals surface area contributed by atoms with E-state index >= 15 is 0 Å². The summed E-state index contributed by atoms with van der Waals surface area (Å²) in [7, 11) is 0. The maximum absolute atomic E-state index is 11.4. The molecule has 26 heavy (non-hydrogen) atoms. The van der Waals surface area contributed by atoms with E-state index < -0.39 is 0 Å². The van der Waals surface area contributed by atoms with Crippen molar-refractivity contribution in [3.05, 3.63) is 39.9 Å². The number of ether oxygens (including phenoxy) is 1. The number of hydrogen-bond donors (Lipinski definition) is 3. The van der Waals surface area contributed by atoms with E-state index in [9.17, 15) is 4.79 Å². The van der Waals surface area contributed by atoms with E-state index in [1.54, 1.807) is 12.3 Å². The van der Waals surface area contributed by atoms with Crippen LogP contribution < -0.4 is 11.0 Å². The molecule has 4 heterocycles. The standard InChI is InChI=1S/C17H19ClN6O2/c18-12-9-13-16(23-17(25)21-13)22-15(12)11-1-2-14(20-10-11)19-3-4-24-5-7-26-8-6-24/h1-2,9-10H,3-8H2,(H,19,20)(H2,21,22,23,25). The van der Waals surface area contributed by atoms with Crippen molar-refractivity contribution in [3.8, 4) is 11.3 Å². The average molecular weight is 375 g/mol. The van der Waals surface area contributed by atoms with Crippen LogP contribution in [0.4, 0.5) is 5.82 Å². The van der Waals surface area contributed by atoms with Gasteiger partial charge in [-0.3, -0.25) is 9.88 Å². The molecule has 0 spiro atoms. The number of rotatable bonds is 5. The van der Waals surface area contributed by atoms with Gasteiger partial charge in [-0.25, -0.2) is 14.8 Å². The van der Waals surface area contributed by atoms with Gasteiger partial charge in [0.15, 0.2) is 5.65 Å². The number of aromatic amines is 2. The molecule has 0 unspecified atom stereocenters. The lowest BCUT2D eigenvalue weighted by Gasteiger charge is -2.26. The summed E-state index contributed by atoms with van der Waals surface area (Å²) in [6.45, 7) is 5.33. The van der Waals surface area contributed by atoms with E-state index in [0.717, 1.165) is 50.8 Å². The minimum atomic E-state index is -0.307. The Hall–Kier alpha value is -2.42. The fourth-order valence-corrected chi connectivity index (χ4v) is 3.21. The van der Waals surface area contributed by atoms with E-state index in [0.29, 0.717) is 21.9 Å². The SMILES string of the molecule is O=c1[nH]c2cc(Cl)c(-c3ccc(NCCN4CCOCC4)nc3)nc2[nH]1. The topological polar surface area (TPSA) is 98.9 Å². The summed E-state index contributed by atoms with van der Waals surface area (Å²) in [6, 6.07) is 5.50. The Labute approximate surface area is 154 Å². The van der Waals surface area contributed by atoms with Gasteiger partial charge in [-0.2, -0.15) is 0 Å². The van der Waals surface area contributed by atoms with Gasteiger partial charge < -0.3 is 15.0 Å². The number of H-pyrrole nitrogens is 2. The highest BCUT2D eigenvalue weighted by molar-refractivity contribution is 6.33. The van der Waals surface area contributed by atoms with Crippen LogP contribution in [-0.2, 0) is 4.74 Å². The highest BCUT2D eigenvalue weighted by Crippen LogP contribution is 2.27. The zero-order valence-corrected chi connectivity index (χ0v) is 14.8. The van der Waals surface area contributed by atoms with Gasteiger partial charge in [-0.1, -0.05) is 11.6 Å². The number of nitrogens with one attached hydrogen (secondary N) is 3. The zero-order chi connectivity index (χ0) is 17.9. The van der Waals surface area contributed by atoms with Crippen molar-refractivity contribution < 1.29 is 4.74 Å². The van der Waals surface area contributed by atoms with Gasteiger partial charge >= 0.3 is 5.69 Å². The van der Waals surface area contributed by atoms with E-state index in [2.05, 4.69) is 30.2 Å². The van der Waals surface area contributed by atoms with Gasteiger partial charge in [-0.05, 0) is 18.2 Å². The molecule has 1 saturated heterocycles. The lowest BCUT2D eigenvalue weighted by atomic mass is 10.2. The molecular weight excluding hydrogens is 356 g/mol. The molecule has 0 aliphatic carbocycles. The maximum atomic E-state index is 11.4. The van der Waals surface area contributed by atoms with Crippen molar-refractivity contribution in [2.24, 2.45) is 0 Å². The van der Waals surface area contributed by atoms with Gasteiger partial charge in [0.2, 0.25) is 0 Å². The van der Waals surface area contributed by atoms with E-state index in [1.165, 1.54) is 0 Å². The molecule has 3 aromatic rings. The van der Waals surface area contributed by atoms with Crippen LogP contribution in [0.15, 0.2) is 29.2 Å². The average Bonchev–Trinajstić information content (AvgIpc) is 3.01. The quantitative estimate of drug-likeness (QED) is 0.628. The molecule has 1 aliphatic rings. The molecule has 3 aromatic heterocycles. The van der Waals surface area contributed by atoms with Crippen molar-refractivity contribution >= 4 is 28.6 Å². The van der Waals surface area contributed by atoms with Crippen LogP contribution in [0.2, 0.25) is 5.02 Å². The van der Waals surface area contributed by atoms with Crippen molar-refractivity contribution in [1.82, 2.24) is 24.8 Å². The summed E-state index contributed by atoms with van der Waals surface area (Å²) >= 11 is 6.30. The largest absolute Gasteiger partial charge is 0.379 e. The first-order valence-corrected chi connectivity index (χ1v) is 8.86. The second kappa shape index (κ2) is 7.45. The monoisotopic (exact) mass is 374 g/mol. The fourth-order valence-electron chi connectivity index (χ4n) is 2.95. The molecule has 0 aromatic carbocycles. The van der Waals surface area contributed by atoms with E-state index in [-0.39, 0.29) is 5.69 Å². The Morgan fingerprint density at radius 3 is 2.88 bits per heavy atom. The highest BCUT2D eigenvalue weighted by atomic mass is 35.5. The van der Waals surface area contributed by atoms with Crippen molar-refractivity contribution in [2.45, 2.75) is 0 Å². The molecule has 0 saturated carbocycles. The number of morpholine rings is 1. The molecule has 0 radical (unpaired) electrons. The number of aromatic nitrogens is 4. The van der Waals surface area contributed by atoms with Crippen LogP contribution in [0, 0.1) is 0 Å². The van der Waals surface area contributed by atoms with Crippen LogP contribution in [-0.4, -0.2) is 64.2 Å². The highest BCUT2D eigenvalue weighted by Gasteiger charge is 2.11. The summed E-state index contributed by atoms with van der Waals surface area (Å²) in [5.41, 5.74) is 2.12. The third-order valence-corrected chi connectivity index (χ3v) is 4.62. The summed E-state index contributed by atoms with van der Waals surface area (Å²) in [4.78, 5) is 27.9. The minimum Gasteiger partial charge on any atom is -0.379 e. The first kappa shape index (κ1) is 17.0. The molecule has 9 heteroatoms. The molecule has 0 atom stereocenters. The van der Waals surface area contributed by atoms with Crippen molar-refractivity contribution in [1.29, 1.82) is 0 Å². The van der Waals surface area contributed by atoms with Gasteiger partial charge in [0, 0.05) is 37.9 Å². The predicted molar refractivity (Wildman–Crippen MR) is 101 cm³/mol. The molecule has 1 fully saturated rings. The Balaban J connectivity index is 1.44.